The van der Waals surface area contributed by atoms with Gasteiger partial charge in [0.05, 0.1) is 13.7 Å². The summed E-state index contributed by atoms with van der Waals surface area (Å²) in [4.78, 5) is 32.9. The van der Waals surface area contributed by atoms with Crippen molar-refractivity contribution in [3.05, 3.63) is 6.33 Å². The molecule has 3 N–H and O–H groups in total. The number of hydrogen-bond acceptors (Lipinski definition) is 7. The van der Waals surface area contributed by atoms with Gasteiger partial charge in [-0.3, -0.25) is 14.9 Å². The second kappa shape index (κ2) is 4.38. The molecular formula is C11H15N5O3. The van der Waals surface area contributed by atoms with Crippen LogP contribution in [-0.4, -0.2) is 41.0 Å². The molecule has 1 saturated heterocycles. The first kappa shape index (κ1) is 13.1. The number of imide groups is 1. The van der Waals surface area contributed by atoms with Gasteiger partial charge in [-0.2, -0.15) is 0 Å². The molecule has 102 valence electrons. The van der Waals surface area contributed by atoms with E-state index in [1.807, 2.05) is 0 Å². The predicted molar refractivity (Wildman–Crippen MR) is 67.6 cm³/mol. The van der Waals surface area contributed by atoms with E-state index in [0.29, 0.717) is 5.82 Å². The molecule has 0 atom stereocenters. The highest BCUT2D eigenvalue weighted by Gasteiger charge is 2.43. The topological polar surface area (TPSA) is 110 Å². The summed E-state index contributed by atoms with van der Waals surface area (Å²) in [7, 11) is 1.43. The molecule has 0 aromatic carbocycles. The summed E-state index contributed by atoms with van der Waals surface area (Å²) in [5.41, 5.74) is 4.77. The molecule has 2 rings (SSSR count). The third kappa shape index (κ3) is 2.05. The van der Waals surface area contributed by atoms with E-state index in [1.165, 1.54) is 13.4 Å². The van der Waals surface area contributed by atoms with Crippen LogP contribution in [0.15, 0.2) is 6.33 Å². The Bertz CT molecular complexity index is 543. The molecule has 2 heterocycles. The standard InChI is InChI=1S/C11H15N5O3/c1-11(2)10(18)15-6(17)4-16(11)9-7(19-3)8(12)13-5-14-9/h5H,4H2,1-3H3,(H2,12,13,14)(H,15,17,18). The molecule has 0 aliphatic carbocycles. The van der Waals surface area contributed by atoms with Gasteiger partial charge in [-0.25, -0.2) is 9.97 Å². The molecule has 0 radical (unpaired) electrons. The van der Waals surface area contributed by atoms with Gasteiger partial charge < -0.3 is 15.4 Å². The van der Waals surface area contributed by atoms with E-state index in [9.17, 15) is 9.59 Å². The van der Waals surface area contributed by atoms with E-state index in [0.717, 1.165) is 0 Å². The molecule has 1 aromatic heterocycles. The molecule has 2 amide bonds. The lowest BCUT2D eigenvalue weighted by Crippen LogP contribution is -2.64. The van der Waals surface area contributed by atoms with Crippen LogP contribution in [0.1, 0.15) is 13.8 Å². The zero-order valence-corrected chi connectivity index (χ0v) is 10.9. The fraction of sp³-hybridized carbons (Fsp3) is 0.455. The minimum atomic E-state index is -0.942. The maximum atomic E-state index is 11.9. The van der Waals surface area contributed by atoms with Gasteiger partial charge in [0.1, 0.15) is 11.9 Å². The van der Waals surface area contributed by atoms with E-state index in [-0.39, 0.29) is 18.1 Å². The third-order valence-corrected chi connectivity index (χ3v) is 3.06. The first-order valence-corrected chi connectivity index (χ1v) is 5.64. The summed E-state index contributed by atoms with van der Waals surface area (Å²) >= 11 is 0. The summed E-state index contributed by atoms with van der Waals surface area (Å²) in [6.07, 6.45) is 1.26. The van der Waals surface area contributed by atoms with Crippen LogP contribution < -0.4 is 20.7 Å². The van der Waals surface area contributed by atoms with Crippen LogP contribution >= 0.6 is 0 Å². The summed E-state index contributed by atoms with van der Waals surface area (Å²) in [6, 6.07) is 0. The zero-order valence-electron chi connectivity index (χ0n) is 10.9. The Balaban J connectivity index is 2.53. The highest BCUT2D eigenvalue weighted by Crippen LogP contribution is 2.34. The Morgan fingerprint density at radius 2 is 2.11 bits per heavy atom. The van der Waals surface area contributed by atoms with E-state index in [4.69, 9.17) is 10.5 Å². The number of ether oxygens (including phenoxy) is 1. The lowest BCUT2D eigenvalue weighted by molar-refractivity contribution is -0.135. The van der Waals surface area contributed by atoms with Crippen LogP contribution in [0.2, 0.25) is 0 Å². The van der Waals surface area contributed by atoms with Gasteiger partial charge in [0, 0.05) is 0 Å². The van der Waals surface area contributed by atoms with Crippen molar-refractivity contribution in [1.29, 1.82) is 0 Å². The molecule has 1 aliphatic rings. The molecule has 1 fully saturated rings. The number of anilines is 2. The number of nitrogens with zero attached hydrogens (tertiary/aromatic N) is 3. The predicted octanol–water partition coefficient (Wildman–Crippen LogP) is -0.691. The lowest BCUT2D eigenvalue weighted by atomic mass is 9.98. The van der Waals surface area contributed by atoms with Gasteiger partial charge in [-0.15, -0.1) is 0 Å². The van der Waals surface area contributed by atoms with Crippen LogP contribution in [0.3, 0.4) is 0 Å². The number of nitrogens with two attached hydrogens (primary N) is 1. The zero-order chi connectivity index (χ0) is 14.2. The van der Waals surface area contributed by atoms with E-state index in [1.54, 1.807) is 18.7 Å². The number of nitrogen functional groups attached to an aromatic ring is 1. The number of carbonyl (C=O) groups excluding carboxylic acids is 2. The van der Waals surface area contributed by atoms with Crippen molar-refractivity contribution in [2.24, 2.45) is 0 Å². The number of rotatable bonds is 2. The number of piperazine rings is 1. The highest BCUT2D eigenvalue weighted by atomic mass is 16.5. The maximum absolute atomic E-state index is 11.9. The second-order valence-electron chi connectivity index (χ2n) is 4.64. The van der Waals surface area contributed by atoms with E-state index < -0.39 is 17.4 Å². The van der Waals surface area contributed by atoms with E-state index >= 15 is 0 Å². The van der Waals surface area contributed by atoms with Crippen molar-refractivity contribution < 1.29 is 14.3 Å². The number of amides is 2. The quantitative estimate of drug-likeness (QED) is 0.681. The first-order chi connectivity index (χ1) is 8.87. The fourth-order valence-electron chi connectivity index (χ4n) is 1.89. The number of nitrogens with one attached hydrogen (secondary N) is 1. The van der Waals surface area contributed by atoms with Gasteiger partial charge in [-0.05, 0) is 13.8 Å². The molecule has 8 nitrogen and oxygen atoms in total. The number of methoxy groups -OCH3 is 1. The number of carbonyl (C=O) groups is 2. The highest BCUT2D eigenvalue weighted by molar-refractivity contribution is 6.06. The fourth-order valence-corrected chi connectivity index (χ4v) is 1.89. The Kier molecular flexibility index (Phi) is 3.01. The average Bonchev–Trinajstić information content (AvgIpc) is 2.34. The average molecular weight is 265 g/mol. The lowest BCUT2D eigenvalue weighted by Gasteiger charge is -2.41. The van der Waals surface area contributed by atoms with Gasteiger partial charge in [-0.1, -0.05) is 0 Å². The minimum Gasteiger partial charge on any atom is -0.490 e. The summed E-state index contributed by atoms with van der Waals surface area (Å²) in [6.45, 7) is 3.37. The normalized spacial score (nSPS) is 18.2. The summed E-state index contributed by atoms with van der Waals surface area (Å²) in [5.74, 6) is -0.0745. The largest absolute Gasteiger partial charge is 0.490 e. The Hall–Kier alpha value is -2.38. The summed E-state index contributed by atoms with van der Waals surface area (Å²) < 4.78 is 5.16. The van der Waals surface area contributed by atoms with Gasteiger partial charge in [0.15, 0.2) is 11.6 Å². The van der Waals surface area contributed by atoms with Crippen LogP contribution in [0.5, 0.6) is 5.75 Å². The van der Waals surface area contributed by atoms with Crippen LogP contribution in [0.25, 0.3) is 0 Å². The minimum absolute atomic E-state index is 0.00838. The second-order valence-corrected chi connectivity index (χ2v) is 4.64. The van der Waals surface area contributed by atoms with Gasteiger partial charge >= 0.3 is 0 Å². The first-order valence-electron chi connectivity index (χ1n) is 5.64. The molecule has 0 unspecified atom stereocenters. The summed E-state index contributed by atoms with van der Waals surface area (Å²) in [5, 5.41) is 2.29. The SMILES string of the molecule is COc1c(N)ncnc1N1CC(=O)NC(=O)C1(C)C. The molecular weight excluding hydrogens is 250 g/mol. The molecule has 1 aromatic rings. The molecule has 19 heavy (non-hydrogen) atoms. The smallest absolute Gasteiger partial charge is 0.251 e. The Labute approximate surface area is 110 Å². The van der Waals surface area contributed by atoms with Crippen molar-refractivity contribution in [3.8, 4) is 5.75 Å². The van der Waals surface area contributed by atoms with E-state index in [2.05, 4.69) is 15.3 Å². The molecule has 1 aliphatic heterocycles. The van der Waals surface area contributed by atoms with Gasteiger partial charge in [0.25, 0.3) is 5.91 Å². The van der Waals surface area contributed by atoms with Crippen molar-refractivity contribution in [2.45, 2.75) is 19.4 Å². The molecule has 0 bridgehead atoms. The van der Waals surface area contributed by atoms with Crippen molar-refractivity contribution in [3.63, 3.8) is 0 Å². The van der Waals surface area contributed by atoms with Crippen LogP contribution in [0.4, 0.5) is 11.6 Å². The monoisotopic (exact) mass is 265 g/mol. The molecule has 0 saturated carbocycles. The Morgan fingerprint density at radius 3 is 2.74 bits per heavy atom. The van der Waals surface area contributed by atoms with Crippen molar-refractivity contribution >= 4 is 23.5 Å². The third-order valence-electron chi connectivity index (χ3n) is 3.06. The Morgan fingerprint density at radius 1 is 1.42 bits per heavy atom. The molecule has 8 heteroatoms. The number of hydrogen-bond donors (Lipinski definition) is 2. The maximum Gasteiger partial charge on any atom is 0.251 e. The number of aromatic nitrogens is 2. The van der Waals surface area contributed by atoms with Crippen LogP contribution in [0, 0.1) is 0 Å². The van der Waals surface area contributed by atoms with Gasteiger partial charge in [0.2, 0.25) is 11.7 Å². The van der Waals surface area contributed by atoms with Crippen molar-refractivity contribution in [1.82, 2.24) is 15.3 Å². The van der Waals surface area contributed by atoms with Crippen LogP contribution in [-0.2, 0) is 9.59 Å². The van der Waals surface area contributed by atoms with Crippen molar-refractivity contribution in [2.75, 3.05) is 24.3 Å². The molecule has 0 spiro atoms.